The maximum Gasteiger partial charge on any atom is 0.120 e. The van der Waals surface area contributed by atoms with Gasteiger partial charge in [0.2, 0.25) is 0 Å². The van der Waals surface area contributed by atoms with Crippen molar-refractivity contribution in [3.05, 3.63) is 55.1 Å². The predicted octanol–water partition coefficient (Wildman–Crippen LogP) is 3.93. The zero-order valence-electron chi connectivity index (χ0n) is 10.5. The molecule has 90 valence electrons. The molecule has 0 spiro atoms. The Morgan fingerprint density at radius 2 is 2.12 bits per heavy atom. The van der Waals surface area contributed by atoms with Gasteiger partial charge in [0, 0.05) is 18.3 Å². The summed E-state index contributed by atoms with van der Waals surface area (Å²) >= 11 is 0. The summed E-state index contributed by atoms with van der Waals surface area (Å²) < 4.78 is 5.59. The summed E-state index contributed by atoms with van der Waals surface area (Å²) in [7, 11) is 1.88. The average molecular weight is 229 g/mol. The third kappa shape index (κ3) is 3.25. The van der Waals surface area contributed by atoms with Gasteiger partial charge in [0.15, 0.2) is 0 Å². The van der Waals surface area contributed by atoms with Crippen molar-refractivity contribution in [1.82, 2.24) is 0 Å². The zero-order chi connectivity index (χ0) is 12.8. The largest absolute Gasteiger partial charge is 0.487 e. The second-order valence-corrected chi connectivity index (χ2v) is 3.74. The summed E-state index contributed by atoms with van der Waals surface area (Å²) in [5, 5.41) is 3.11. The van der Waals surface area contributed by atoms with Gasteiger partial charge < -0.3 is 10.1 Å². The Morgan fingerprint density at radius 1 is 1.41 bits per heavy atom. The Hall–Kier alpha value is -1.96. The molecule has 0 saturated carbocycles. The van der Waals surface area contributed by atoms with E-state index in [1.807, 2.05) is 32.2 Å². The fourth-order valence-electron chi connectivity index (χ4n) is 1.47. The van der Waals surface area contributed by atoms with E-state index in [-0.39, 0.29) is 6.10 Å². The maximum absolute atomic E-state index is 5.59. The Balaban J connectivity index is 2.95. The Morgan fingerprint density at radius 3 is 2.65 bits per heavy atom. The molecule has 1 atom stereocenters. The first-order chi connectivity index (χ1) is 8.12. The fourth-order valence-corrected chi connectivity index (χ4v) is 1.47. The second kappa shape index (κ2) is 5.94. The van der Waals surface area contributed by atoms with Crippen LogP contribution in [0.4, 0.5) is 5.69 Å². The SMILES string of the molecule is C=Cc1cc(C(=C)OC(C)C=C)ccc1NC. The van der Waals surface area contributed by atoms with Crippen molar-refractivity contribution in [1.29, 1.82) is 0 Å². The van der Waals surface area contributed by atoms with Gasteiger partial charge in [0.25, 0.3) is 0 Å². The van der Waals surface area contributed by atoms with Crippen molar-refractivity contribution in [2.75, 3.05) is 12.4 Å². The van der Waals surface area contributed by atoms with Gasteiger partial charge in [0.1, 0.15) is 11.9 Å². The van der Waals surface area contributed by atoms with E-state index in [2.05, 4.69) is 25.1 Å². The van der Waals surface area contributed by atoms with Crippen LogP contribution in [0.25, 0.3) is 11.8 Å². The minimum atomic E-state index is -0.0429. The minimum absolute atomic E-state index is 0.0429. The molecule has 1 aromatic carbocycles. The maximum atomic E-state index is 5.59. The fraction of sp³-hybridized carbons (Fsp3) is 0.200. The molecule has 1 N–H and O–H groups in total. The topological polar surface area (TPSA) is 21.3 Å². The van der Waals surface area contributed by atoms with Crippen LogP contribution in [-0.2, 0) is 4.74 Å². The highest BCUT2D eigenvalue weighted by Gasteiger charge is 2.06. The van der Waals surface area contributed by atoms with Crippen molar-refractivity contribution in [3.8, 4) is 0 Å². The summed E-state index contributed by atoms with van der Waals surface area (Å²) in [6, 6.07) is 5.95. The van der Waals surface area contributed by atoms with E-state index in [9.17, 15) is 0 Å². The van der Waals surface area contributed by atoms with E-state index in [1.54, 1.807) is 12.2 Å². The smallest absolute Gasteiger partial charge is 0.120 e. The highest BCUT2D eigenvalue weighted by Crippen LogP contribution is 2.23. The number of benzene rings is 1. The molecule has 17 heavy (non-hydrogen) atoms. The first kappa shape index (κ1) is 13.1. The molecular weight excluding hydrogens is 210 g/mol. The lowest BCUT2D eigenvalue weighted by Crippen LogP contribution is -2.03. The van der Waals surface area contributed by atoms with Crippen molar-refractivity contribution < 1.29 is 4.74 Å². The molecule has 2 nitrogen and oxygen atoms in total. The van der Waals surface area contributed by atoms with E-state index in [0.717, 1.165) is 16.8 Å². The summed E-state index contributed by atoms with van der Waals surface area (Å²) in [4.78, 5) is 0. The van der Waals surface area contributed by atoms with Crippen molar-refractivity contribution in [2.45, 2.75) is 13.0 Å². The summed E-state index contributed by atoms with van der Waals surface area (Å²) in [6.07, 6.45) is 3.50. The number of rotatable bonds is 6. The van der Waals surface area contributed by atoms with Gasteiger partial charge in [-0.15, -0.1) is 0 Å². The molecule has 2 heteroatoms. The molecule has 0 amide bonds. The van der Waals surface area contributed by atoms with Crippen LogP contribution in [-0.4, -0.2) is 13.2 Å². The Bertz CT molecular complexity index is 435. The molecule has 0 aromatic heterocycles. The van der Waals surface area contributed by atoms with Crippen molar-refractivity contribution in [2.24, 2.45) is 0 Å². The summed E-state index contributed by atoms with van der Waals surface area (Å²) in [5.74, 6) is 0.642. The first-order valence-electron chi connectivity index (χ1n) is 5.55. The third-order valence-electron chi connectivity index (χ3n) is 2.52. The van der Waals surface area contributed by atoms with Crippen LogP contribution in [0.15, 0.2) is 44.0 Å². The van der Waals surface area contributed by atoms with Crippen LogP contribution in [0.1, 0.15) is 18.1 Å². The number of hydrogen-bond donors (Lipinski definition) is 1. The van der Waals surface area contributed by atoms with E-state index >= 15 is 0 Å². The summed E-state index contributed by atoms with van der Waals surface area (Å²) in [5.41, 5.74) is 3.02. The predicted molar refractivity (Wildman–Crippen MR) is 75.9 cm³/mol. The molecule has 0 fully saturated rings. The highest BCUT2D eigenvalue weighted by molar-refractivity contribution is 5.71. The average Bonchev–Trinajstić information content (AvgIpc) is 2.37. The van der Waals surface area contributed by atoms with Crippen LogP contribution >= 0.6 is 0 Å². The lowest BCUT2D eigenvalue weighted by atomic mass is 10.1. The van der Waals surface area contributed by atoms with E-state index in [0.29, 0.717) is 5.76 Å². The number of ether oxygens (including phenoxy) is 1. The van der Waals surface area contributed by atoms with Gasteiger partial charge in [-0.2, -0.15) is 0 Å². The van der Waals surface area contributed by atoms with Gasteiger partial charge >= 0.3 is 0 Å². The molecule has 1 aromatic rings. The van der Waals surface area contributed by atoms with Crippen LogP contribution in [0.2, 0.25) is 0 Å². The lowest BCUT2D eigenvalue weighted by molar-refractivity contribution is 0.231. The molecule has 1 unspecified atom stereocenters. The van der Waals surface area contributed by atoms with Crippen LogP contribution in [0, 0.1) is 0 Å². The quantitative estimate of drug-likeness (QED) is 0.589. The van der Waals surface area contributed by atoms with Gasteiger partial charge in [-0.25, -0.2) is 0 Å². The van der Waals surface area contributed by atoms with E-state index in [4.69, 9.17) is 4.74 Å². The van der Waals surface area contributed by atoms with E-state index in [1.165, 1.54) is 0 Å². The Labute approximate surface area is 103 Å². The minimum Gasteiger partial charge on any atom is -0.487 e. The lowest BCUT2D eigenvalue weighted by Gasteiger charge is -2.14. The van der Waals surface area contributed by atoms with Gasteiger partial charge in [-0.05, 0) is 30.7 Å². The standard InChI is InChI=1S/C15H19NO/c1-6-11(3)17-12(4)14-8-9-15(16-5)13(7-2)10-14/h6-11,16H,1-2,4H2,3,5H3. The zero-order valence-corrected chi connectivity index (χ0v) is 10.5. The molecule has 0 radical (unpaired) electrons. The van der Waals surface area contributed by atoms with Crippen molar-refractivity contribution >= 4 is 17.5 Å². The van der Waals surface area contributed by atoms with E-state index < -0.39 is 0 Å². The Kier molecular flexibility index (Phi) is 4.58. The third-order valence-corrected chi connectivity index (χ3v) is 2.52. The van der Waals surface area contributed by atoms with Gasteiger partial charge in [-0.1, -0.05) is 31.9 Å². The molecule has 0 heterocycles. The molecule has 0 saturated heterocycles. The normalized spacial score (nSPS) is 11.4. The molecule has 1 rings (SSSR count). The molecule has 0 aliphatic heterocycles. The molecule has 0 aliphatic rings. The van der Waals surface area contributed by atoms with Gasteiger partial charge in [0.05, 0.1) is 0 Å². The monoisotopic (exact) mass is 229 g/mol. The van der Waals surface area contributed by atoms with Gasteiger partial charge in [-0.3, -0.25) is 0 Å². The molecule has 0 bridgehead atoms. The highest BCUT2D eigenvalue weighted by atomic mass is 16.5. The number of nitrogens with one attached hydrogen (secondary N) is 1. The number of hydrogen-bond acceptors (Lipinski definition) is 2. The van der Waals surface area contributed by atoms with Crippen LogP contribution in [0.3, 0.4) is 0 Å². The van der Waals surface area contributed by atoms with Crippen molar-refractivity contribution in [3.63, 3.8) is 0 Å². The second-order valence-electron chi connectivity index (χ2n) is 3.74. The molecular formula is C15H19NO. The van der Waals surface area contributed by atoms with Crippen LogP contribution in [0.5, 0.6) is 0 Å². The molecule has 0 aliphatic carbocycles. The summed E-state index contributed by atoms with van der Waals surface area (Å²) in [6.45, 7) is 13.3. The van der Waals surface area contributed by atoms with Crippen LogP contribution < -0.4 is 5.32 Å². The number of anilines is 1. The first-order valence-corrected chi connectivity index (χ1v) is 5.55.